The number of rotatable bonds is 9. The minimum absolute atomic E-state index is 0. The molecule has 0 spiro atoms. The molecule has 36 heavy (non-hydrogen) atoms. The summed E-state index contributed by atoms with van der Waals surface area (Å²) in [4.78, 5) is 3.80. The third-order valence-electron chi connectivity index (χ3n) is 5.74. The Labute approximate surface area is 229 Å². The Morgan fingerprint density at radius 2 is 1.97 bits per heavy atom. The minimum atomic E-state index is -4.18. The Hall–Kier alpha value is -1.69. The van der Waals surface area contributed by atoms with Crippen molar-refractivity contribution in [3.05, 3.63) is 75.6 Å². The SMILES string of the molecule is CCN[C@@H]1CCC=C(c2ccc(F)cc2)[C@H]1CSc1cc(F)c(S(=O)(=O)Nc2cscn2)cc1Cl.Cl. The van der Waals surface area contributed by atoms with E-state index in [1.54, 1.807) is 12.1 Å². The van der Waals surface area contributed by atoms with E-state index in [4.69, 9.17) is 11.6 Å². The zero-order valence-corrected chi connectivity index (χ0v) is 23.2. The van der Waals surface area contributed by atoms with E-state index in [0.717, 1.165) is 42.7 Å². The molecule has 0 unspecified atom stereocenters. The van der Waals surface area contributed by atoms with Gasteiger partial charge >= 0.3 is 0 Å². The molecule has 0 bridgehead atoms. The molecule has 1 aliphatic carbocycles. The van der Waals surface area contributed by atoms with Gasteiger partial charge in [-0.15, -0.1) is 35.5 Å². The van der Waals surface area contributed by atoms with Crippen molar-refractivity contribution in [3.8, 4) is 0 Å². The fraction of sp³-hybridized carbons (Fsp3) is 0.292. The van der Waals surface area contributed by atoms with Crippen molar-refractivity contribution in [3.63, 3.8) is 0 Å². The van der Waals surface area contributed by atoms with Gasteiger partial charge in [0.15, 0.2) is 5.82 Å². The average molecular weight is 593 g/mol. The summed E-state index contributed by atoms with van der Waals surface area (Å²) in [5.41, 5.74) is 3.53. The van der Waals surface area contributed by atoms with Gasteiger partial charge in [-0.2, -0.15) is 0 Å². The first-order chi connectivity index (χ1) is 16.8. The molecule has 1 aliphatic rings. The standard InChI is InChI=1S/C24H24ClF2N3O2S3.ClH/c1-2-28-21-5-3-4-17(15-6-8-16(26)9-7-15)18(21)12-34-22-11-20(27)23(10-19(22)25)35(31,32)30-24-13-33-14-29-24;/h4,6-11,13-14,18,21,28,30H,2-3,5,12H2,1H3;1H/t18-,21-;/m1./s1. The van der Waals surface area contributed by atoms with Crippen molar-refractivity contribution in [2.24, 2.45) is 5.92 Å². The van der Waals surface area contributed by atoms with Crippen LogP contribution in [0.1, 0.15) is 25.3 Å². The largest absolute Gasteiger partial charge is 0.314 e. The van der Waals surface area contributed by atoms with Gasteiger partial charge in [0.1, 0.15) is 16.5 Å². The van der Waals surface area contributed by atoms with Crippen LogP contribution in [0.15, 0.2) is 63.2 Å². The molecular weight excluding hydrogens is 567 g/mol. The summed E-state index contributed by atoms with van der Waals surface area (Å²) < 4.78 is 55.9. The van der Waals surface area contributed by atoms with E-state index in [1.165, 1.54) is 46.1 Å². The number of thiazole rings is 1. The molecule has 2 N–H and O–H groups in total. The Kier molecular flexibility index (Phi) is 10.2. The van der Waals surface area contributed by atoms with Crippen LogP contribution in [0.25, 0.3) is 5.57 Å². The first-order valence-electron chi connectivity index (χ1n) is 11.0. The molecule has 2 aromatic carbocycles. The first-order valence-corrected chi connectivity index (χ1v) is 14.8. The maximum absolute atomic E-state index is 14.9. The molecular formula is C24H25Cl2F2N3O2S3. The van der Waals surface area contributed by atoms with E-state index in [0.29, 0.717) is 10.6 Å². The lowest BCUT2D eigenvalue weighted by molar-refractivity contribution is 0.416. The van der Waals surface area contributed by atoms with E-state index in [-0.39, 0.29) is 41.0 Å². The predicted molar refractivity (Wildman–Crippen MR) is 147 cm³/mol. The third-order valence-corrected chi connectivity index (χ3v) is 9.29. The summed E-state index contributed by atoms with van der Waals surface area (Å²) in [5, 5.41) is 5.19. The second kappa shape index (κ2) is 12.7. The highest BCUT2D eigenvalue weighted by Gasteiger charge is 2.29. The Bertz CT molecular complexity index is 1300. The van der Waals surface area contributed by atoms with Crippen molar-refractivity contribution >= 4 is 68.5 Å². The van der Waals surface area contributed by atoms with Gasteiger partial charge in [-0.3, -0.25) is 4.72 Å². The lowest BCUT2D eigenvalue weighted by atomic mass is 9.81. The van der Waals surface area contributed by atoms with Gasteiger partial charge in [0, 0.05) is 28.0 Å². The normalized spacial score (nSPS) is 17.8. The molecule has 0 aliphatic heterocycles. The third kappa shape index (κ3) is 6.79. The van der Waals surface area contributed by atoms with Gasteiger partial charge in [0.2, 0.25) is 0 Å². The van der Waals surface area contributed by atoms with Crippen LogP contribution in [-0.2, 0) is 10.0 Å². The van der Waals surface area contributed by atoms with E-state index in [1.807, 2.05) is 6.92 Å². The highest BCUT2D eigenvalue weighted by atomic mass is 35.5. The molecule has 194 valence electrons. The number of hydrogen-bond donors (Lipinski definition) is 2. The van der Waals surface area contributed by atoms with Crippen LogP contribution in [-0.4, -0.2) is 31.7 Å². The van der Waals surface area contributed by atoms with Gasteiger partial charge < -0.3 is 5.32 Å². The van der Waals surface area contributed by atoms with Gasteiger partial charge in [0.05, 0.1) is 10.5 Å². The zero-order valence-electron chi connectivity index (χ0n) is 19.2. The zero-order chi connectivity index (χ0) is 25.0. The number of halogens is 4. The molecule has 0 saturated heterocycles. The molecule has 12 heteroatoms. The van der Waals surface area contributed by atoms with Crippen LogP contribution in [0.2, 0.25) is 5.02 Å². The molecule has 5 nitrogen and oxygen atoms in total. The fourth-order valence-corrected chi connectivity index (χ4v) is 7.33. The van der Waals surface area contributed by atoms with Crippen LogP contribution in [0.5, 0.6) is 0 Å². The first kappa shape index (κ1) is 28.9. The summed E-state index contributed by atoms with van der Waals surface area (Å²) in [6.07, 6.45) is 4.03. The highest BCUT2D eigenvalue weighted by Crippen LogP contribution is 2.39. The van der Waals surface area contributed by atoms with Crippen molar-refractivity contribution in [1.82, 2.24) is 10.3 Å². The van der Waals surface area contributed by atoms with Crippen molar-refractivity contribution in [2.45, 2.75) is 35.6 Å². The molecule has 1 heterocycles. The molecule has 1 aromatic heterocycles. The van der Waals surface area contributed by atoms with Gasteiger partial charge in [-0.1, -0.05) is 36.7 Å². The number of nitrogens with one attached hydrogen (secondary N) is 2. The lowest BCUT2D eigenvalue weighted by Gasteiger charge is -2.33. The second-order valence-corrected chi connectivity index (χ2v) is 11.9. The second-order valence-electron chi connectivity index (χ2n) is 8.02. The van der Waals surface area contributed by atoms with Gasteiger partial charge in [-0.05, 0) is 54.8 Å². The van der Waals surface area contributed by atoms with Crippen LogP contribution >= 0.6 is 47.1 Å². The number of benzene rings is 2. The number of thioether (sulfide) groups is 1. The van der Waals surface area contributed by atoms with E-state index in [2.05, 4.69) is 21.1 Å². The maximum atomic E-state index is 14.9. The number of anilines is 1. The molecule has 0 fully saturated rings. The van der Waals surface area contributed by atoms with Crippen LogP contribution in [0.4, 0.5) is 14.6 Å². The van der Waals surface area contributed by atoms with Crippen LogP contribution < -0.4 is 10.0 Å². The topological polar surface area (TPSA) is 71.1 Å². The van der Waals surface area contributed by atoms with Gasteiger partial charge in [-0.25, -0.2) is 22.2 Å². The van der Waals surface area contributed by atoms with Crippen LogP contribution in [0, 0.1) is 17.6 Å². The Morgan fingerprint density at radius 3 is 2.64 bits per heavy atom. The van der Waals surface area contributed by atoms with Crippen molar-refractivity contribution < 1.29 is 17.2 Å². The molecule has 0 radical (unpaired) electrons. The maximum Gasteiger partial charge on any atom is 0.266 e. The summed E-state index contributed by atoms with van der Waals surface area (Å²) in [5.74, 6) is -0.394. The average Bonchev–Trinajstić information content (AvgIpc) is 3.33. The summed E-state index contributed by atoms with van der Waals surface area (Å²) in [7, 11) is -4.18. The summed E-state index contributed by atoms with van der Waals surface area (Å²) in [6.45, 7) is 2.85. The van der Waals surface area contributed by atoms with E-state index in [9.17, 15) is 17.2 Å². The van der Waals surface area contributed by atoms with E-state index >= 15 is 0 Å². The quantitative estimate of drug-likeness (QED) is 0.266. The molecule has 3 aromatic rings. The number of allylic oxidation sites excluding steroid dienone is 1. The predicted octanol–water partition coefficient (Wildman–Crippen LogP) is 6.86. The van der Waals surface area contributed by atoms with Crippen LogP contribution in [0.3, 0.4) is 0 Å². The summed E-state index contributed by atoms with van der Waals surface area (Å²) in [6, 6.07) is 8.93. The van der Waals surface area contributed by atoms with Crippen molar-refractivity contribution in [2.75, 3.05) is 17.0 Å². The number of nitrogens with zero attached hydrogens (tertiary/aromatic N) is 1. The molecule has 4 rings (SSSR count). The lowest BCUT2D eigenvalue weighted by Crippen LogP contribution is -2.39. The van der Waals surface area contributed by atoms with Gasteiger partial charge in [0.25, 0.3) is 10.0 Å². The monoisotopic (exact) mass is 591 g/mol. The Balaban J connectivity index is 0.00000361. The number of hydrogen-bond acceptors (Lipinski definition) is 6. The Morgan fingerprint density at radius 1 is 1.22 bits per heavy atom. The fourth-order valence-electron chi connectivity index (χ4n) is 4.14. The molecule has 2 atom stereocenters. The number of aromatic nitrogens is 1. The minimum Gasteiger partial charge on any atom is -0.314 e. The van der Waals surface area contributed by atoms with Crippen molar-refractivity contribution in [1.29, 1.82) is 0 Å². The molecule has 0 amide bonds. The number of sulfonamides is 1. The van der Waals surface area contributed by atoms with E-state index < -0.39 is 20.7 Å². The summed E-state index contributed by atoms with van der Waals surface area (Å²) >= 11 is 9.00. The highest BCUT2D eigenvalue weighted by molar-refractivity contribution is 7.99. The smallest absolute Gasteiger partial charge is 0.266 e. The molecule has 0 saturated carbocycles.